The largest absolute Gasteiger partial charge is 0.481 e. The molecule has 21 heavy (non-hydrogen) atoms. The third kappa shape index (κ3) is 5.19. The van der Waals surface area contributed by atoms with Gasteiger partial charge in [0.15, 0.2) is 5.13 Å². The molecule has 0 aliphatic heterocycles. The molecule has 2 aromatic rings. The van der Waals surface area contributed by atoms with Crippen LogP contribution in [0.5, 0.6) is 0 Å². The number of nitrogens with one attached hydrogen (secondary N) is 1. The fourth-order valence-corrected chi connectivity index (χ4v) is 2.94. The molecule has 0 aliphatic carbocycles. The van der Waals surface area contributed by atoms with Crippen molar-refractivity contribution < 1.29 is 9.90 Å². The quantitative estimate of drug-likeness (QED) is 0.820. The van der Waals surface area contributed by atoms with Gasteiger partial charge in [-0.2, -0.15) is 0 Å². The van der Waals surface area contributed by atoms with Gasteiger partial charge >= 0.3 is 5.97 Å². The first kappa shape index (κ1) is 15.5. The van der Waals surface area contributed by atoms with E-state index in [1.165, 1.54) is 16.9 Å². The van der Waals surface area contributed by atoms with E-state index >= 15 is 0 Å². The molecule has 0 unspecified atom stereocenters. The first-order chi connectivity index (χ1) is 9.94. The molecular formula is C16H20N2O2S. The summed E-state index contributed by atoms with van der Waals surface area (Å²) in [5.41, 5.74) is 1.83. The Bertz CT molecular complexity index is 593. The van der Waals surface area contributed by atoms with E-state index in [1.807, 2.05) is 6.07 Å². The number of aliphatic carboxylic acids is 1. The third-order valence-electron chi connectivity index (χ3n) is 3.21. The minimum absolute atomic E-state index is 0.0252. The molecule has 0 radical (unpaired) electrons. The standard InChI is InChI=1S/C16H20N2O2S/c1-16(2,9-8-12-6-4-3-5-7-12)18-15-17-13(11-21-15)10-14(19)20/h3-7,11H,8-10H2,1-2H3,(H,17,18)(H,19,20). The maximum atomic E-state index is 10.7. The van der Waals surface area contributed by atoms with Crippen LogP contribution in [0.4, 0.5) is 5.13 Å². The van der Waals surface area contributed by atoms with Gasteiger partial charge in [0.2, 0.25) is 0 Å². The van der Waals surface area contributed by atoms with Crippen molar-refractivity contribution in [2.45, 2.75) is 38.6 Å². The number of nitrogens with zero attached hydrogens (tertiary/aromatic N) is 1. The van der Waals surface area contributed by atoms with Crippen LogP contribution in [0.25, 0.3) is 0 Å². The Morgan fingerprint density at radius 1 is 1.33 bits per heavy atom. The van der Waals surface area contributed by atoms with Crippen molar-refractivity contribution in [2.75, 3.05) is 5.32 Å². The van der Waals surface area contributed by atoms with Gasteiger partial charge in [-0.15, -0.1) is 11.3 Å². The Kier molecular flexibility index (Phi) is 4.96. The third-order valence-corrected chi connectivity index (χ3v) is 4.02. The Hall–Kier alpha value is -1.88. The van der Waals surface area contributed by atoms with Gasteiger partial charge in [-0.05, 0) is 32.3 Å². The summed E-state index contributed by atoms with van der Waals surface area (Å²) in [6.45, 7) is 4.27. The number of thiazole rings is 1. The van der Waals surface area contributed by atoms with Crippen LogP contribution < -0.4 is 5.32 Å². The maximum Gasteiger partial charge on any atom is 0.309 e. The molecule has 0 bridgehead atoms. The number of hydrogen-bond donors (Lipinski definition) is 2. The highest BCUT2D eigenvalue weighted by atomic mass is 32.1. The number of benzene rings is 1. The zero-order valence-electron chi connectivity index (χ0n) is 12.3. The molecule has 4 nitrogen and oxygen atoms in total. The molecule has 0 atom stereocenters. The molecule has 2 N–H and O–H groups in total. The molecule has 0 aliphatic rings. The lowest BCUT2D eigenvalue weighted by molar-refractivity contribution is -0.136. The predicted octanol–water partition coefficient (Wildman–Crippen LogP) is 3.59. The van der Waals surface area contributed by atoms with Crippen LogP contribution in [0.15, 0.2) is 35.7 Å². The van der Waals surface area contributed by atoms with Crippen LogP contribution >= 0.6 is 11.3 Å². The number of rotatable bonds is 7. The Labute approximate surface area is 128 Å². The maximum absolute atomic E-state index is 10.7. The van der Waals surface area contributed by atoms with Crippen LogP contribution in [0.1, 0.15) is 31.5 Å². The van der Waals surface area contributed by atoms with Crippen molar-refractivity contribution >= 4 is 22.4 Å². The highest BCUT2D eigenvalue weighted by Gasteiger charge is 2.19. The summed E-state index contributed by atoms with van der Waals surface area (Å²) in [6, 6.07) is 10.4. The molecule has 1 heterocycles. The second kappa shape index (κ2) is 6.72. The lowest BCUT2D eigenvalue weighted by atomic mass is 9.95. The smallest absolute Gasteiger partial charge is 0.309 e. The molecule has 0 amide bonds. The summed E-state index contributed by atoms with van der Waals surface area (Å²) in [5, 5.41) is 14.7. The summed E-state index contributed by atoms with van der Waals surface area (Å²) < 4.78 is 0. The first-order valence-corrected chi connectivity index (χ1v) is 7.81. The SMILES string of the molecule is CC(C)(CCc1ccccc1)Nc1nc(CC(=O)O)cs1. The van der Waals surface area contributed by atoms with Crippen molar-refractivity contribution in [3.8, 4) is 0 Å². The minimum atomic E-state index is -0.852. The Morgan fingerprint density at radius 3 is 2.71 bits per heavy atom. The highest BCUT2D eigenvalue weighted by molar-refractivity contribution is 7.13. The number of aryl methyl sites for hydroxylation is 1. The molecule has 0 fully saturated rings. The van der Waals surface area contributed by atoms with E-state index in [9.17, 15) is 4.79 Å². The fraction of sp³-hybridized carbons (Fsp3) is 0.375. The normalized spacial score (nSPS) is 11.3. The fourth-order valence-electron chi connectivity index (χ4n) is 2.05. The monoisotopic (exact) mass is 304 g/mol. The van der Waals surface area contributed by atoms with Gasteiger partial charge in [-0.25, -0.2) is 4.98 Å². The van der Waals surface area contributed by atoms with E-state index in [-0.39, 0.29) is 12.0 Å². The minimum Gasteiger partial charge on any atom is -0.481 e. The number of anilines is 1. The second-order valence-electron chi connectivity index (χ2n) is 5.71. The molecule has 1 aromatic heterocycles. The molecule has 0 spiro atoms. The van der Waals surface area contributed by atoms with Gasteiger partial charge in [0.05, 0.1) is 12.1 Å². The number of aromatic nitrogens is 1. The number of carboxylic acid groups (broad SMARTS) is 1. The van der Waals surface area contributed by atoms with E-state index in [0.717, 1.165) is 18.0 Å². The second-order valence-corrected chi connectivity index (χ2v) is 6.57. The van der Waals surface area contributed by atoms with Crippen LogP contribution in [-0.2, 0) is 17.6 Å². The number of carbonyl (C=O) groups is 1. The lowest BCUT2D eigenvalue weighted by Gasteiger charge is -2.26. The average molecular weight is 304 g/mol. The van der Waals surface area contributed by atoms with Crippen molar-refractivity contribution in [1.82, 2.24) is 4.98 Å². The summed E-state index contributed by atoms with van der Waals surface area (Å²) in [7, 11) is 0. The van der Waals surface area contributed by atoms with Crippen LogP contribution in [0.2, 0.25) is 0 Å². The van der Waals surface area contributed by atoms with Crippen molar-refractivity contribution in [3.63, 3.8) is 0 Å². The lowest BCUT2D eigenvalue weighted by Crippen LogP contribution is -2.31. The highest BCUT2D eigenvalue weighted by Crippen LogP contribution is 2.23. The van der Waals surface area contributed by atoms with Crippen molar-refractivity contribution in [3.05, 3.63) is 47.0 Å². The first-order valence-electron chi connectivity index (χ1n) is 6.93. The van der Waals surface area contributed by atoms with E-state index in [1.54, 1.807) is 5.38 Å². The van der Waals surface area contributed by atoms with E-state index in [2.05, 4.69) is 48.4 Å². The van der Waals surface area contributed by atoms with Gasteiger partial charge < -0.3 is 10.4 Å². The number of carboxylic acids is 1. The summed E-state index contributed by atoms with van der Waals surface area (Å²) in [4.78, 5) is 15.0. The number of hydrogen-bond acceptors (Lipinski definition) is 4. The van der Waals surface area contributed by atoms with Crippen LogP contribution in [0, 0.1) is 0 Å². The van der Waals surface area contributed by atoms with Crippen LogP contribution in [-0.4, -0.2) is 21.6 Å². The van der Waals surface area contributed by atoms with Gasteiger partial charge in [-0.3, -0.25) is 4.79 Å². The molecule has 1 aromatic carbocycles. The van der Waals surface area contributed by atoms with E-state index < -0.39 is 5.97 Å². The van der Waals surface area contributed by atoms with Crippen LogP contribution in [0.3, 0.4) is 0 Å². The Morgan fingerprint density at radius 2 is 2.05 bits per heavy atom. The average Bonchev–Trinajstić information content (AvgIpc) is 2.83. The zero-order chi connectivity index (χ0) is 15.3. The summed E-state index contributed by atoms with van der Waals surface area (Å²) in [6.07, 6.45) is 1.95. The molecule has 0 saturated heterocycles. The molecule has 2 rings (SSSR count). The topological polar surface area (TPSA) is 62.2 Å². The van der Waals surface area contributed by atoms with Crippen molar-refractivity contribution in [2.24, 2.45) is 0 Å². The van der Waals surface area contributed by atoms with Gasteiger partial charge in [0.1, 0.15) is 0 Å². The van der Waals surface area contributed by atoms with Gasteiger partial charge in [-0.1, -0.05) is 30.3 Å². The molecule has 0 saturated carbocycles. The molecule has 5 heteroatoms. The molecule has 112 valence electrons. The van der Waals surface area contributed by atoms with Gasteiger partial charge in [0, 0.05) is 10.9 Å². The van der Waals surface area contributed by atoms with Gasteiger partial charge in [0.25, 0.3) is 0 Å². The summed E-state index contributed by atoms with van der Waals surface area (Å²) >= 11 is 1.45. The van der Waals surface area contributed by atoms with Crippen molar-refractivity contribution in [1.29, 1.82) is 0 Å². The Balaban J connectivity index is 1.91. The summed E-state index contributed by atoms with van der Waals surface area (Å²) in [5.74, 6) is -0.852. The van der Waals surface area contributed by atoms with E-state index in [0.29, 0.717) is 5.69 Å². The van der Waals surface area contributed by atoms with E-state index in [4.69, 9.17) is 5.11 Å². The predicted molar refractivity (Wildman–Crippen MR) is 85.9 cm³/mol. The zero-order valence-corrected chi connectivity index (χ0v) is 13.1. The molecular weight excluding hydrogens is 284 g/mol.